The molecule has 0 fully saturated rings. The topological polar surface area (TPSA) is 47.6 Å². The lowest BCUT2D eigenvalue weighted by Crippen LogP contribution is -2.50. The molecule has 0 spiro atoms. The molecule has 0 saturated carbocycles. The van der Waals surface area contributed by atoms with Gasteiger partial charge in [0.2, 0.25) is 0 Å². The number of rotatable bonds is 2. The predicted octanol–water partition coefficient (Wildman–Crippen LogP) is 6.00. The van der Waals surface area contributed by atoms with Crippen LogP contribution in [0.25, 0.3) is 11.1 Å². The van der Waals surface area contributed by atoms with E-state index < -0.39 is 29.1 Å². The molecule has 2 aromatic carbocycles. The number of hydrogen-bond acceptors (Lipinski definition) is 2. The molecular weight excluding hydrogens is 389 g/mol. The van der Waals surface area contributed by atoms with Crippen molar-refractivity contribution in [2.24, 2.45) is 0 Å². The van der Waals surface area contributed by atoms with E-state index in [4.69, 9.17) is 10.5 Å². The van der Waals surface area contributed by atoms with Crippen LogP contribution in [0, 0.1) is 36.5 Å². The molecule has 0 atom stereocenters. The van der Waals surface area contributed by atoms with E-state index in [9.17, 15) is 30.7 Å². The number of nitrogens with zero attached hydrogens (tertiary/aromatic N) is 2. The molecule has 0 heterocycles. The normalized spacial score (nSPS) is 12.4. The summed E-state index contributed by atoms with van der Waals surface area (Å²) >= 11 is 0. The highest BCUT2D eigenvalue weighted by atomic mass is 19.4. The Kier molecular flexibility index (Phi) is 5.18. The first-order chi connectivity index (χ1) is 12.8. The first-order valence-corrected chi connectivity index (χ1v) is 7.66. The van der Waals surface area contributed by atoms with Crippen molar-refractivity contribution in [3.8, 4) is 23.3 Å². The first-order valence-electron chi connectivity index (χ1n) is 7.66. The summed E-state index contributed by atoms with van der Waals surface area (Å²) < 4.78 is 94.8. The SMILES string of the molecule is Cc1cc(C)c(-c2cc(C#N)cc(C#N)c2)c(C(F)(C(F)(F)F)C(F)(F)F)c1. The quantitative estimate of drug-likeness (QED) is 0.580. The highest BCUT2D eigenvalue weighted by Gasteiger charge is 2.74. The Labute approximate surface area is 155 Å². The van der Waals surface area contributed by atoms with Gasteiger partial charge in [0.05, 0.1) is 23.3 Å². The van der Waals surface area contributed by atoms with Crippen LogP contribution in [0.4, 0.5) is 30.7 Å². The van der Waals surface area contributed by atoms with Crippen LogP contribution in [0.2, 0.25) is 0 Å². The van der Waals surface area contributed by atoms with Gasteiger partial charge in [-0.3, -0.25) is 0 Å². The molecule has 0 unspecified atom stereocenters. The molecule has 0 aliphatic carbocycles. The fourth-order valence-corrected chi connectivity index (χ4v) is 2.99. The zero-order chi connectivity index (χ0) is 21.5. The molecule has 0 aromatic heterocycles. The molecule has 2 nitrogen and oxygen atoms in total. The van der Waals surface area contributed by atoms with Gasteiger partial charge in [0.15, 0.2) is 0 Å². The maximum absolute atomic E-state index is 14.8. The van der Waals surface area contributed by atoms with E-state index in [1.807, 2.05) is 0 Å². The van der Waals surface area contributed by atoms with E-state index in [0.29, 0.717) is 6.07 Å². The van der Waals surface area contributed by atoms with Crippen LogP contribution in [0.1, 0.15) is 27.8 Å². The highest BCUT2D eigenvalue weighted by molar-refractivity contribution is 5.75. The highest BCUT2D eigenvalue weighted by Crippen LogP contribution is 2.55. The third kappa shape index (κ3) is 3.40. The molecule has 0 bridgehead atoms. The van der Waals surface area contributed by atoms with Gasteiger partial charge in [-0.2, -0.15) is 36.9 Å². The van der Waals surface area contributed by atoms with Crippen LogP contribution >= 0.6 is 0 Å². The summed E-state index contributed by atoms with van der Waals surface area (Å²) in [4.78, 5) is 0. The lowest BCUT2D eigenvalue weighted by atomic mass is 9.83. The number of benzene rings is 2. The Morgan fingerprint density at radius 2 is 1.18 bits per heavy atom. The molecule has 0 aliphatic rings. The minimum absolute atomic E-state index is 0.0104. The van der Waals surface area contributed by atoms with Crippen molar-refractivity contribution in [3.05, 3.63) is 58.1 Å². The molecule has 0 aliphatic heterocycles. The lowest BCUT2D eigenvalue weighted by Gasteiger charge is -2.33. The van der Waals surface area contributed by atoms with E-state index >= 15 is 0 Å². The Morgan fingerprint density at radius 3 is 1.57 bits per heavy atom. The molecule has 146 valence electrons. The van der Waals surface area contributed by atoms with E-state index in [-0.39, 0.29) is 27.8 Å². The second-order valence-electron chi connectivity index (χ2n) is 6.18. The maximum atomic E-state index is 14.8. The second-order valence-corrected chi connectivity index (χ2v) is 6.18. The second kappa shape index (κ2) is 6.83. The maximum Gasteiger partial charge on any atom is 0.435 e. The monoisotopic (exact) mass is 400 g/mol. The third-order valence-corrected chi connectivity index (χ3v) is 4.11. The third-order valence-electron chi connectivity index (χ3n) is 4.11. The molecule has 0 radical (unpaired) electrons. The zero-order valence-electron chi connectivity index (χ0n) is 14.4. The molecule has 9 heteroatoms. The largest absolute Gasteiger partial charge is 0.435 e. The van der Waals surface area contributed by atoms with E-state index in [1.165, 1.54) is 19.9 Å². The standard InChI is InChI=1S/C19H11F7N2/c1-10-3-11(2)16(14-6-12(8-27)5-13(7-14)9-28)15(4-10)17(20,18(21,22)23)19(24,25)26/h3-7H,1-2H3. The summed E-state index contributed by atoms with van der Waals surface area (Å²) in [5.74, 6) is 0. The summed E-state index contributed by atoms with van der Waals surface area (Å²) in [7, 11) is 0. The summed E-state index contributed by atoms with van der Waals surface area (Å²) in [6, 6.07) is 8.25. The van der Waals surface area contributed by atoms with Crippen molar-refractivity contribution >= 4 is 0 Å². The van der Waals surface area contributed by atoms with Gasteiger partial charge < -0.3 is 0 Å². The molecule has 0 saturated heterocycles. The van der Waals surface area contributed by atoms with Crippen molar-refractivity contribution in [2.75, 3.05) is 0 Å². The van der Waals surface area contributed by atoms with Crippen LogP contribution in [0.15, 0.2) is 30.3 Å². The van der Waals surface area contributed by atoms with Gasteiger partial charge in [-0.1, -0.05) is 17.7 Å². The van der Waals surface area contributed by atoms with Crippen molar-refractivity contribution in [1.82, 2.24) is 0 Å². The Morgan fingerprint density at radius 1 is 0.714 bits per heavy atom. The Bertz CT molecular complexity index is 959. The minimum Gasteiger partial charge on any atom is -0.218 e. The van der Waals surface area contributed by atoms with Crippen LogP contribution in [0.3, 0.4) is 0 Å². The number of hydrogen-bond donors (Lipinski definition) is 0. The van der Waals surface area contributed by atoms with Gasteiger partial charge >= 0.3 is 18.0 Å². The number of aryl methyl sites for hydroxylation is 2. The zero-order valence-corrected chi connectivity index (χ0v) is 14.4. The summed E-state index contributed by atoms with van der Waals surface area (Å²) in [6.45, 7) is 2.46. The number of nitriles is 2. The summed E-state index contributed by atoms with van der Waals surface area (Å²) in [5.41, 5.74) is -8.64. The van der Waals surface area contributed by atoms with Gasteiger partial charge in [-0.25, -0.2) is 4.39 Å². The first kappa shape index (κ1) is 21.2. The average Bonchev–Trinajstić information content (AvgIpc) is 2.57. The van der Waals surface area contributed by atoms with Crippen molar-refractivity contribution < 1.29 is 30.7 Å². The van der Waals surface area contributed by atoms with Gasteiger partial charge in [-0.15, -0.1) is 0 Å². The molecule has 28 heavy (non-hydrogen) atoms. The average molecular weight is 400 g/mol. The van der Waals surface area contributed by atoms with Crippen LogP contribution in [-0.4, -0.2) is 12.4 Å². The molecule has 0 N–H and O–H groups in total. The van der Waals surface area contributed by atoms with Crippen molar-refractivity contribution in [2.45, 2.75) is 31.9 Å². The summed E-state index contributed by atoms with van der Waals surface area (Å²) in [5, 5.41) is 18.1. The molecular formula is C19H11F7N2. The van der Waals surface area contributed by atoms with E-state index in [0.717, 1.165) is 18.2 Å². The Hall–Kier alpha value is -3.07. The fraction of sp³-hybridized carbons (Fsp3) is 0.263. The van der Waals surface area contributed by atoms with E-state index in [2.05, 4.69) is 0 Å². The number of halogens is 7. The lowest BCUT2D eigenvalue weighted by molar-refractivity contribution is -0.348. The van der Waals surface area contributed by atoms with Gasteiger partial charge in [-0.05, 0) is 48.7 Å². The Balaban J connectivity index is 3.02. The minimum atomic E-state index is -6.29. The van der Waals surface area contributed by atoms with Gasteiger partial charge in [0, 0.05) is 5.56 Å². The van der Waals surface area contributed by atoms with Crippen molar-refractivity contribution in [3.63, 3.8) is 0 Å². The molecule has 2 aromatic rings. The molecule has 2 rings (SSSR count). The number of alkyl halides is 7. The summed E-state index contributed by atoms with van der Waals surface area (Å²) in [6.07, 6.45) is -12.6. The van der Waals surface area contributed by atoms with E-state index in [1.54, 1.807) is 12.1 Å². The van der Waals surface area contributed by atoms with Crippen LogP contribution in [0.5, 0.6) is 0 Å². The fourth-order valence-electron chi connectivity index (χ4n) is 2.99. The van der Waals surface area contributed by atoms with Crippen LogP contribution in [-0.2, 0) is 5.67 Å². The van der Waals surface area contributed by atoms with Gasteiger partial charge in [0.25, 0.3) is 0 Å². The smallest absolute Gasteiger partial charge is 0.218 e. The van der Waals surface area contributed by atoms with Gasteiger partial charge in [0.1, 0.15) is 0 Å². The molecule has 0 amide bonds. The predicted molar refractivity (Wildman–Crippen MR) is 85.7 cm³/mol. The van der Waals surface area contributed by atoms with Crippen LogP contribution < -0.4 is 0 Å². The van der Waals surface area contributed by atoms with Crippen molar-refractivity contribution in [1.29, 1.82) is 10.5 Å².